The van der Waals surface area contributed by atoms with E-state index in [9.17, 15) is 0 Å². The van der Waals surface area contributed by atoms with Crippen LogP contribution in [0, 0.1) is 6.92 Å². The molecule has 0 aliphatic heterocycles. The van der Waals surface area contributed by atoms with Crippen molar-refractivity contribution in [2.45, 2.75) is 51.5 Å². The van der Waals surface area contributed by atoms with Crippen LogP contribution in [0.1, 0.15) is 49.7 Å². The van der Waals surface area contributed by atoms with Crippen molar-refractivity contribution in [1.29, 1.82) is 0 Å². The van der Waals surface area contributed by atoms with Crippen LogP contribution in [0.15, 0.2) is 18.5 Å². The molecule has 16 heavy (non-hydrogen) atoms. The fraction of sp³-hybridized carbons (Fsp3) is 0.643. The second-order valence-corrected chi connectivity index (χ2v) is 4.91. The lowest BCUT2D eigenvalue weighted by atomic mass is 9.81. The van der Waals surface area contributed by atoms with Crippen molar-refractivity contribution in [2.75, 3.05) is 6.54 Å². The number of aryl methyl sites for hydroxylation is 1. The van der Waals surface area contributed by atoms with Crippen molar-refractivity contribution in [2.24, 2.45) is 0 Å². The van der Waals surface area contributed by atoms with Crippen LogP contribution in [0.25, 0.3) is 0 Å². The van der Waals surface area contributed by atoms with Crippen molar-refractivity contribution in [3.8, 4) is 0 Å². The summed E-state index contributed by atoms with van der Waals surface area (Å²) in [6.45, 7) is 5.41. The van der Waals surface area contributed by atoms with Gasteiger partial charge in [-0.25, -0.2) is 0 Å². The summed E-state index contributed by atoms with van der Waals surface area (Å²) in [5.74, 6) is 0.713. The van der Waals surface area contributed by atoms with Crippen molar-refractivity contribution in [3.63, 3.8) is 0 Å². The highest BCUT2D eigenvalue weighted by Crippen LogP contribution is 2.32. The lowest BCUT2D eigenvalue weighted by Crippen LogP contribution is -2.33. The van der Waals surface area contributed by atoms with E-state index in [2.05, 4.69) is 30.2 Å². The monoisotopic (exact) mass is 218 g/mol. The molecule has 2 rings (SSSR count). The van der Waals surface area contributed by atoms with Crippen LogP contribution in [0.5, 0.6) is 0 Å². The Hall–Kier alpha value is -0.890. The molecule has 0 spiro atoms. The highest BCUT2D eigenvalue weighted by atomic mass is 14.9. The van der Waals surface area contributed by atoms with E-state index in [-0.39, 0.29) is 0 Å². The van der Waals surface area contributed by atoms with Crippen molar-refractivity contribution >= 4 is 0 Å². The summed E-state index contributed by atoms with van der Waals surface area (Å²) in [5.41, 5.74) is 2.71. The molecule has 1 heterocycles. The molecule has 0 aromatic carbocycles. The van der Waals surface area contributed by atoms with Gasteiger partial charge >= 0.3 is 0 Å². The third-order valence-corrected chi connectivity index (χ3v) is 3.53. The molecule has 2 nitrogen and oxygen atoms in total. The molecule has 0 bridgehead atoms. The van der Waals surface area contributed by atoms with Crippen LogP contribution in [0.3, 0.4) is 0 Å². The van der Waals surface area contributed by atoms with Crippen LogP contribution >= 0.6 is 0 Å². The number of hydrogen-bond donors (Lipinski definition) is 1. The summed E-state index contributed by atoms with van der Waals surface area (Å²) in [7, 11) is 0. The van der Waals surface area contributed by atoms with Gasteiger partial charge in [-0.3, -0.25) is 4.98 Å². The summed E-state index contributed by atoms with van der Waals surface area (Å²) in [4.78, 5) is 4.31. The Labute approximate surface area is 98.5 Å². The van der Waals surface area contributed by atoms with E-state index in [1.807, 2.05) is 12.4 Å². The Morgan fingerprint density at radius 2 is 2.25 bits per heavy atom. The van der Waals surface area contributed by atoms with Gasteiger partial charge in [-0.1, -0.05) is 19.4 Å². The molecular weight excluding hydrogens is 196 g/mol. The minimum Gasteiger partial charge on any atom is -0.314 e. The molecule has 1 fully saturated rings. The fourth-order valence-corrected chi connectivity index (χ4v) is 2.77. The predicted molar refractivity (Wildman–Crippen MR) is 67.6 cm³/mol. The summed E-state index contributed by atoms with van der Waals surface area (Å²) < 4.78 is 0. The first-order valence-corrected chi connectivity index (χ1v) is 6.44. The first kappa shape index (κ1) is 11.6. The molecule has 2 unspecified atom stereocenters. The molecule has 1 aromatic rings. The predicted octanol–water partition coefficient (Wildman–Crippen LogP) is 3.03. The second kappa shape index (κ2) is 5.44. The highest BCUT2D eigenvalue weighted by Gasteiger charge is 2.22. The zero-order valence-electron chi connectivity index (χ0n) is 10.4. The Morgan fingerprint density at radius 3 is 3.00 bits per heavy atom. The molecule has 0 saturated heterocycles. The van der Waals surface area contributed by atoms with Gasteiger partial charge < -0.3 is 5.32 Å². The lowest BCUT2D eigenvalue weighted by molar-refractivity contribution is 0.344. The van der Waals surface area contributed by atoms with E-state index in [0.29, 0.717) is 12.0 Å². The smallest absolute Gasteiger partial charge is 0.0302 e. The number of rotatable bonds is 3. The van der Waals surface area contributed by atoms with Gasteiger partial charge in [0.25, 0.3) is 0 Å². The van der Waals surface area contributed by atoms with Gasteiger partial charge in [0, 0.05) is 18.4 Å². The SMILES string of the molecule is CCNC1CCCC(c2cncc(C)c2)C1. The van der Waals surface area contributed by atoms with Gasteiger partial charge in [-0.2, -0.15) is 0 Å². The molecule has 1 aliphatic rings. The van der Waals surface area contributed by atoms with E-state index >= 15 is 0 Å². The Kier molecular flexibility index (Phi) is 3.94. The fourth-order valence-electron chi connectivity index (χ4n) is 2.77. The first-order valence-electron chi connectivity index (χ1n) is 6.44. The first-order chi connectivity index (χ1) is 7.79. The van der Waals surface area contributed by atoms with Crippen LogP contribution < -0.4 is 5.32 Å². The van der Waals surface area contributed by atoms with Crippen molar-refractivity contribution in [1.82, 2.24) is 10.3 Å². The number of aromatic nitrogens is 1. The van der Waals surface area contributed by atoms with Crippen molar-refractivity contribution in [3.05, 3.63) is 29.6 Å². The highest BCUT2D eigenvalue weighted by molar-refractivity contribution is 5.21. The average molecular weight is 218 g/mol. The Balaban J connectivity index is 2.03. The molecular formula is C14H22N2. The minimum atomic E-state index is 0.712. The van der Waals surface area contributed by atoms with Crippen LogP contribution in [-0.2, 0) is 0 Å². The van der Waals surface area contributed by atoms with Gasteiger partial charge in [0.2, 0.25) is 0 Å². The normalized spacial score (nSPS) is 25.6. The molecule has 0 amide bonds. The van der Waals surface area contributed by atoms with Crippen molar-refractivity contribution < 1.29 is 0 Å². The number of hydrogen-bond acceptors (Lipinski definition) is 2. The third-order valence-electron chi connectivity index (χ3n) is 3.53. The lowest BCUT2D eigenvalue weighted by Gasteiger charge is -2.29. The Morgan fingerprint density at radius 1 is 1.38 bits per heavy atom. The molecule has 1 N–H and O–H groups in total. The molecule has 2 heteroatoms. The van der Waals surface area contributed by atoms with E-state index < -0.39 is 0 Å². The summed E-state index contributed by atoms with van der Waals surface area (Å²) in [6.07, 6.45) is 9.27. The maximum Gasteiger partial charge on any atom is 0.0302 e. The van der Waals surface area contributed by atoms with E-state index in [4.69, 9.17) is 0 Å². The number of nitrogens with zero attached hydrogens (tertiary/aromatic N) is 1. The van der Waals surface area contributed by atoms with Crippen LogP contribution in [0.4, 0.5) is 0 Å². The second-order valence-electron chi connectivity index (χ2n) is 4.91. The molecule has 88 valence electrons. The van der Waals surface area contributed by atoms with Gasteiger partial charge in [-0.15, -0.1) is 0 Å². The van der Waals surface area contributed by atoms with Gasteiger partial charge in [0.1, 0.15) is 0 Å². The van der Waals surface area contributed by atoms with Gasteiger partial charge in [0.05, 0.1) is 0 Å². The van der Waals surface area contributed by atoms with E-state index in [0.717, 1.165) is 6.54 Å². The maximum absolute atomic E-state index is 4.31. The van der Waals surface area contributed by atoms with Crippen LogP contribution in [0.2, 0.25) is 0 Å². The van der Waals surface area contributed by atoms with Gasteiger partial charge in [0.15, 0.2) is 0 Å². The third kappa shape index (κ3) is 2.82. The summed E-state index contributed by atoms with van der Waals surface area (Å²) in [6, 6.07) is 3.01. The standard InChI is InChI=1S/C14H22N2/c1-3-16-14-6-4-5-12(8-14)13-7-11(2)9-15-10-13/h7,9-10,12,14,16H,3-6,8H2,1-2H3. The maximum atomic E-state index is 4.31. The average Bonchev–Trinajstić information content (AvgIpc) is 2.30. The molecule has 2 atom stereocenters. The molecule has 1 saturated carbocycles. The van der Waals surface area contributed by atoms with E-state index in [1.54, 1.807) is 0 Å². The topological polar surface area (TPSA) is 24.9 Å². The summed E-state index contributed by atoms with van der Waals surface area (Å²) in [5, 5.41) is 3.58. The zero-order valence-corrected chi connectivity index (χ0v) is 10.4. The Bertz CT molecular complexity index is 333. The number of pyridine rings is 1. The molecule has 0 radical (unpaired) electrons. The largest absolute Gasteiger partial charge is 0.314 e. The zero-order chi connectivity index (χ0) is 11.4. The van der Waals surface area contributed by atoms with E-state index in [1.165, 1.54) is 36.8 Å². The molecule has 1 aliphatic carbocycles. The number of nitrogens with one attached hydrogen (secondary N) is 1. The summed E-state index contributed by atoms with van der Waals surface area (Å²) >= 11 is 0. The van der Waals surface area contributed by atoms with Gasteiger partial charge in [-0.05, 0) is 49.8 Å². The quantitative estimate of drug-likeness (QED) is 0.843. The molecule has 1 aromatic heterocycles. The minimum absolute atomic E-state index is 0.712. The van der Waals surface area contributed by atoms with Crippen LogP contribution in [-0.4, -0.2) is 17.6 Å².